The Bertz CT molecular complexity index is 974. The average molecular weight is 340 g/mol. The van der Waals surface area contributed by atoms with E-state index in [9.17, 15) is 22.8 Å². The van der Waals surface area contributed by atoms with Crippen molar-refractivity contribution in [2.24, 2.45) is 0 Å². The Morgan fingerprint density at radius 3 is 2.48 bits per heavy atom. The van der Waals surface area contributed by atoms with E-state index in [0.717, 1.165) is 6.07 Å². The van der Waals surface area contributed by atoms with Crippen LogP contribution in [0.4, 0.5) is 0 Å². The number of sulfonamides is 1. The summed E-state index contributed by atoms with van der Waals surface area (Å²) >= 11 is 0. The Morgan fingerprint density at radius 1 is 1.22 bits per heavy atom. The van der Waals surface area contributed by atoms with Gasteiger partial charge in [-0.1, -0.05) is 0 Å². The molecule has 2 rings (SSSR count). The van der Waals surface area contributed by atoms with Gasteiger partial charge in [0.2, 0.25) is 15.9 Å². The number of carbonyl (C=O) groups excluding carboxylic acids is 1. The Morgan fingerprint density at radius 2 is 1.87 bits per heavy atom. The molecule has 0 aliphatic heterocycles. The molecule has 124 valence electrons. The summed E-state index contributed by atoms with van der Waals surface area (Å²) in [5.41, 5.74) is -1.16. The second-order valence-electron chi connectivity index (χ2n) is 5.19. The maximum Gasteiger partial charge on any atom is 0.326 e. The lowest BCUT2D eigenvalue weighted by Crippen LogP contribution is -2.44. The lowest BCUT2D eigenvalue weighted by molar-refractivity contribution is -0.130. The van der Waals surface area contributed by atoms with E-state index in [1.54, 1.807) is 0 Å². The van der Waals surface area contributed by atoms with Gasteiger partial charge in [-0.05, 0) is 25.1 Å². The molecule has 2 aromatic rings. The highest BCUT2D eigenvalue weighted by Gasteiger charge is 2.23. The van der Waals surface area contributed by atoms with Crippen LogP contribution < -0.4 is 16.0 Å². The molecule has 1 unspecified atom stereocenters. The predicted molar refractivity (Wildman–Crippen MR) is 83.7 cm³/mol. The molecule has 0 saturated carbocycles. The quantitative estimate of drug-likeness (QED) is 0.655. The fourth-order valence-electron chi connectivity index (χ4n) is 2.05. The molecule has 10 heteroatoms. The summed E-state index contributed by atoms with van der Waals surface area (Å²) in [6, 6.07) is 2.74. The maximum atomic E-state index is 12.3. The zero-order valence-corrected chi connectivity index (χ0v) is 13.5. The zero-order chi connectivity index (χ0) is 17.4. The number of carbonyl (C=O) groups is 1. The van der Waals surface area contributed by atoms with Crippen LogP contribution in [0.5, 0.6) is 0 Å². The van der Waals surface area contributed by atoms with Gasteiger partial charge in [0, 0.05) is 14.1 Å². The van der Waals surface area contributed by atoms with Crippen LogP contribution in [0.3, 0.4) is 0 Å². The first kappa shape index (κ1) is 16.9. The molecule has 0 fully saturated rings. The van der Waals surface area contributed by atoms with Crippen molar-refractivity contribution in [2.45, 2.75) is 17.9 Å². The number of H-pyrrole nitrogens is 2. The van der Waals surface area contributed by atoms with Crippen LogP contribution in [0.25, 0.3) is 10.9 Å². The molecule has 3 N–H and O–H groups in total. The van der Waals surface area contributed by atoms with Crippen LogP contribution in [-0.2, 0) is 14.8 Å². The third-order valence-electron chi connectivity index (χ3n) is 3.16. The van der Waals surface area contributed by atoms with Crippen LogP contribution in [0.1, 0.15) is 6.92 Å². The van der Waals surface area contributed by atoms with Gasteiger partial charge in [0.15, 0.2) is 0 Å². The summed E-state index contributed by atoms with van der Waals surface area (Å²) in [4.78, 5) is 40.2. The van der Waals surface area contributed by atoms with Crippen molar-refractivity contribution >= 4 is 26.8 Å². The van der Waals surface area contributed by atoms with Crippen LogP contribution in [0.15, 0.2) is 32.7 Å². The maximum absolute atomic E-state index is 12.3. The highest BCUT2D eigenvalue weighted by Crippen LogP contribution is 2.14. The molecule has 1 aromatic heterocycles. The second kappa shape index (κ2) is 5.97. The molecule has 23 heavy (non-hydrogen) atoms. The number of rotatable bonds is 4. The second-order valence-corrected chi connectivity index (χ2v) is 6.91. The molecular weight excluding hydrogens is 324 g/mol. The summed E-state index contributed by atoms with van der Waals surface area (Å²) < 4.78 is 26.9. The number of aromatic amines is 2. The van der Waals surface area contributed by atoms with Crippen molar-refractivity contribution in [3.63, 3.8) is 0 Å². The molecule has 1 aromatic carbocycles. The van der Waals surface area contributed by atoms with E-state index in [1.807, 2.05) is 4.98 Å². The number of amides is 1. The number of hydrogen-bond donors (Lipinski definition) is 3. The molecule has 0 saturated heterocycles. The standard InChI is InChI=1S/C13H16N4O5S/c1-7(12(19)17(2)3)16-23(21,22)8-4-5-10-9(6-8)11(18)15-13(20)14-10/h4-7,16H,1-3H3,(H2,14,15,18,20). The molecular formula is C13H16N4O5S. The minimum Gasteiger partial charge on any atom is -0.347 e. The smallest absolute Gasteiger partial charge is 0.326 e. The fraction of sp³-hybridized carbons (Fsp3) is 0.308. The average Bonchev–Trinajstić information content (AvgIpc) is 2.45. The SMILES string of the molecule is CC(NS(=O)(=O)c1ccc2[nH]c(=O)[nH]c(=O)c2c1)C(=O)N(C)C. The molecule has 0 aliphatic carbocycles. The number of fused-ring (bicyclic) bond motifs is 1. The molecule has 1 atom stereocenters. The Balaban J connectivity index is 2.45. The normalized spacial score (nSPS) is 13.0. The first-order valence-electron chi connectivity index (χ1n) is 6.61. The Kier molecular flexibility index (Phi) is 4.39. The summed E-state index contributed by atoms with van der Waals surface area (Å²) in [5.74, 6) is -0.406. The third-order valence-corrected chi connectivity index (χ3v) is 4.70. The molecule has 0 aliphatic rings. The zero-order valence-electron chi connectivity index (χ0n) is 12.7. The largest absolute Gasteiger partial charge is 0.347 e. The van der Waals surface area contributed by atoms with Gasteiger partial charge in [0.05, 0.1) is 21.8 Å². The summed E-state index contributed by atoms with van der Waals surface area (Å²) in [6.45, 7) is 1.42. The van der Waals surface area contributed by atoms with Crippen LogP contribution in [-0.4, -0.2) is 49.3 Å². The molecule has 1 amide bonds. The van der Waals surface area contributed by atoms with Gasteiger partial charge >= 0.3 is 5.69 Å². The van der Waals surface area contributed by atoms with Crippen molar-refractivity contribution in [2.75, 3.05) is 14.1 Å². The molecule has 0 radical (unpaired) electrons. The summed E-state index contributed by atoms with van der Waals surface area (Å²) in [7, 11) is -0.973. The summed E-state index contributed by atoms with van der Waals surface area (Å²) in [6.07, 6.45) is 0. The Labute approximate surface area is 131 Å². The van der Waals surface area contributed by atoms with Crippen LogP contribution >= 0.6 is 0 Å². The monoisotopic (exact) mass is 340 g/mol. The predicted octanol–water partition coefficient (Wildman–Crippen LogP) is -1.03. The van der Waals surface area contributed by atoms with E-state index in [0.29, 0.717) is 0 Å². The Hall–Kier alpha value is -2.46. The lowest BCUT2D eigenvalue weighted by Gasteiger charge is -2.18. The topological polar surface area (TPSA) is 132 Å². The van der Waals surface area contributed by atoms with E-state index >= 15 is 0 Å². The number of hydrogen-bond acceptors (Lipinski definition) is 5. The van der Waals surface area contributed by atoms with E-state index in [4.69, 9.17) is 0 Å². The van der Waals surface area contributed by atoms with Crippen molar-refractivity contribution in [1.29, 1.82) is 0 Å². The van der Waals surface area contributed by atoms with Crippen LogP contribution in [0.2, 0.25) is 0 Å². The minimum absolute atomic E-state index is 0.0269. The van der Waals surface area contributed by atoms with E-state index in [1.165, 1.54) is 38.1 Å². The minimum atomic E-state index is -4.00. The number of nitrogens with zero attached hydrogens (tertiary/aromatic N) is 1. The molecule has 0 spiro atoms. The first-order valence-corrected chi connectivity index (χ1v) is 8.10. The number of aromatic nitrogens is 2. The highest BCUT2D eigenvalue weighted by molar-refractivity contribution is 7.89. The van der Waals surface area contributed by atoms with Gasteiger partial charge in [-0.15, -0.1) is 0 Å². The van der Waals surface area contributed by atoms with E-state index in [2.05, 4.69) is 9.71 Å². The third kappa shape index (κ3) is 3.48. The molecule has 1 heterocycles. The summed E-state index contributed by atoms with van der Waals surface area (Å²) in [5, 5.41) is 0.0269. The van der Waals surface area contributed by atoms with Gasteiger partial charge in [0.25, 0.3) is 5.56 Å². The van der Waals surface area contributed by atoms with Crippen LogP contribution in [0, 0.1) is 0 Å². The van der Waals surface area contributed by atoms with Crippen molar-refractivity contribution in [3.8, 4) is 0 Å². The molecule has 9 nitrogen and oxygen atoms in total. The van der Waals surface area contributed by atoms with Crippen molar-refractivity contribution in [3.05, 3.63) is 39.0 Å². The van der Waals surface area contributed by atoms with Gasteiger partial charge < -0.3 is 9.88 Å². The van der Waals surface area contributed by atoms with Gasteiger partial charge in [-0.25, -0.2) is 13.2 Å². The number of benzene rings is 1. The van der Waals surface area contributed by atoms with E-state index in [-0.39, 0.29) is 15.8 Å². The van der Waals surface area contributed by atoms with Crippen molar-refractivity contribution in [1.82, 2.24) is 19.6 Å². The lowest BCUT2D eigenvalue weighted by atomic mass is 10.2. The van der Waals surface area contributed by atoms with Gasteiger partial charge in [-0.2, -0.15) is 4.72 Å². The fourth-order valence-corrected chi connectivity index (χ4v) is 3.27. The van der Waals surface area contributed by atoms with Gasteiger partial charge in [0.1, 0.15) is 0 Å². The molecule has 0 bridgehead atoms. The highest BCUT2D eigenvalue weighted by atomic mass is 32.2. The van der Waals surface area contributed by atoms with E-state index < -0.39 is 33.2 Å². The number of likely N-dealkylation sites (N-methyl/N-ethyl adjacent to an activating group) is 1. The van der Waals surface area contributed by atoms with Crippen molar-refractivity contribution < 1.29 is 13.2 Å². The first-order chi connectivity index (χ1) is 10.6. The van der Waals surface area contributed by atoms with Gasteiger partial charge in [-0.3, -0.25) is 14.6 Å². The number of nitrogens with one attached hydrogen (secondary N) is 3.